The predicted octanol–water partition coefficient (Wildman–Crippen LogP) is 2.20. The largest absolute Gasteiger partial charge is 0.465 e. The summed E-state index contributed by atoms with van der Waals surface area (Å²) in [6.07, 6.45) is 0.650. The Bertz CT molecular complexity index is 684. The fourth-order valence-corrected chi connectivity index (χ4v) is 2.12. The fraction of sp³-hybridized carbons (Fsp3) is 0.0909. The second kappa shape index (κ2) is 4.23. The molecule has 2 aromatic rings. The van der Waals surface area contributed by atoms with Gasteiger partial charge < -0.3 is 9.73 Å². The number of hydrogen-bond acceptors (Lipinski definition) is 5. The van der Waals surface area contributed by atoms with Gasteiger partial charge in [0.2, 0.25) is 6.17 Å². The van der Waals surface area contributed by atoms with Gasteiger partial charge in [-0.3, -0.25) is 10.1 Å². The van der Waals surface area contributed by atoms with E-state index in [1.807, 2.05) is 0 Å². The van der Waals surface area contributed by atoms with E-state index in [9.17, 15) is 20.2 Å². The van der Waals surface area contributed by atoms with E-state index >= 15 is 0 Å². The van der Waals surface area contributed by atoms with Crippen molar-refractivity contribution in [2.75, 3.05) is 10.3 Å². The van der Waals surface area contributed by atoms with Crippen LogP contribution in [-0.2, 0) is 0 Å². The first-order valence-electron chi connectivity index (χ1n) is 5.61. The lowest BCUT2D eigenvalue weighted by molar-refractivity contribution is -0.801. The molecule has 1 atom stereocenters. The number of nitro benzene ring substituents is 1. The number of hydrazine groups is 1. The molecule has 2 N–H and O–H groups in total. The highest BCUT2D eigenvalue weighted by atomic mass is 16.7. The fourth-order valence-electron chi connectivity index (χ4n) is 2.12. The molecule has 3 rings (SSSR count). The number of hydrogen-bond donors (Lipinski definition) is 2. The Kier molecular flexibility index (Phi) is 2.53. The third kappa shape index (κ3) is 1.72. The smallest absolute Gasteiger partial charge is 0.364 e. The molecular formula is C11H9N4O5+. The molecule has 102 valence electrons. The first-order chi connectivity index (χ1) is 9.58. The Morgan fingerprint density at radius 1 is 1.35 bits per heavy atom. The topological polar surface area (TPSA) is 112 Å². The minimum atomic E-state index is -0.774. The standard InChI is InChI=1S/C11H9N4O5/c16-14(17)7-3-4-8-9(6-7)13(15(18)19)11(12-8)10-2-1-5-20-10/h1-6,11-12H,(H,18,19)/q+1. The number of nitro groups is 1. The lowest BCUT2D eigenvalue weighted by atomic mass is 10.2. The Hall–Kier alpha value is -3.10. The van der Waals surface area contributed by atoms with Gasteiger partial charge in [-0.1, -0.05) is 0 Å². The number of furan rings is 1. The van der Waals surface area contributed by atoms with Gasteiger partial charge in [0.05, 0.1) is 16.9 Å². The summed E-state index contributed by atoms with van der Waals surface area (Å²) < 4.78 is 5.19. The van der Waals surface area contributed by atoms with Gasteiger partial charge in [-0.2, -0.15) is 0 Å². The number of anilines is 2. The molecule has 9 heteroatoms. The molecule has 0 saturated carbocycles. The first-order valence-corrected chi connectivity index (χ1v) is 5.61. The summed E-state index contributed by atoms with van der Waals surface area (Å²) in [5, 5.41) is 23.5. The lowest BCUT2D eigenvalue weighted by Crippen LogP contribution is -2.34. The van der Waals surface area contributed by atoms with E-state index in [2.05, 4.69) is 5.32 Å². The van der Waals surface area contributed by atoms with E-state index in [4.69, 9.17) is 4.42 Å². The molecule has 0 amide bonds. The molecule has 0 bridgehead atoms. The van der Waals surface area contributed by atoms with Gasteiger partial charge >= 0.3 is 5.03 Å². The average molecular weight is 277 g/mol. The Labute approximate surface area is 111 Å². The van der Waals surface area contributed by atoms with E-state index in [1.54, 1.807) is 12.1 Å². The van der Waals surface area contributed by atoms with Crippen molar-refractivity contribution in [3.8, 4) is 0 Å². The second-order valence-electron chi connectivity index (χ2n) is 4.12. The van der Waals surface area contributed by atoms with Crippen molar-refractivity contribution in [3.05, 3.63) is 57.4 Å². The molecule has 20 heavy (non-hydrogen) atoms. The van der Waals surface area contributed by atoms with Gasteiger partial charge in [-0.05, 0) is 23.2 Å². The lowest BCUT2D eigenvalue weighted by Gasteiger charge is -2.10. The van der Waals surface area contributed by atoms with Crippen LogP contribution in [0, 0.1) is 15.0 Å². The monoisotopic (exact) mass is 277 g/mol. The van der Waals surface area contributed by atoms with Gasteiger partial charge in [0.15, 0.2) is 5.76 Å². The van der Waals surface area contributed by atoms with Crippen molar-refractivity contribution in [2.45, 2.75) is 6.17 Å². The first kappa shape index (κ1) is 12.0. The highest BCUT2D eigenvalue weighted by molar-refractivity contribution is 5.77. The molecular weight excluding hydrogens is 268 g/mol. The summed E-state index contributed by atoms with van der Waals surface area (Å²) in [7, 11) is 0. The zero-order valence-electron chi connectivity index (χ0n) is 9.96. The van der Waals surface area contributed by atoms with Crippen molar-refractivity contribution in [1.82, 2.24) is 0 Å². The second-order valence-corrected chi connectivity index (χ2v) is 4.12. The number of nitrogens with zero attached hydrogens (tertiary/aromatic N) is 3. The van der Waals surface area contributed by atoms with Crippen molar-refractivity contribution >= 4 is 17.1 Å². The van der Waals surface area contributed by atoms with Gasteiger partial charge in [0.25, 0.3) is 5.69 Å². The molecule has 1 aliphatic rings. The molecule has 1 aromatic heterocycles. The zero-order chi connectivity index (χ0) is 14.3. The number of nitrogens with one attached hydrogen (secondary N) is 1. The van der Waals surface area contributed by atoms with Crippen LogP contribution in [0.25, 0.3) is 0 Å². The molecule has 1 aliphatic heterocycles. The number of rotatable bonds is 3. The van der Waals surface area contributed by atoms with Crippen LogP contribution in [0.1, 0.15) is 11.9 Å². The van der Waals surface area contributed by atoms with Crippen molar-refractivity contribution in [2.24, 2.45) is 0 Å². The van der Waals surface area contributed by atoms with Crippen LogP contribution in [0.5, 0.6) is 0 Å². The summed E-state index contributed by atoms with van der Waals surface area (Å²) in [5.74, 6) is 0.388. The summed E-state index contributed by atoms with van der Waals surface area (Å²) in [4.78, 5) is 21.5. The van der Waals surface area contributed by atoms with Crippen LogP contribution < -0.4 is 10.3 Å². The van der Waals surface area contributed by atoms with E-state index < -0.39 is 11.1 Å². The normalized spacial score (nSPS) is 16.6. The molecule has 2 heterocycles. The molecule has 0 aliphatic carbocycles. The molecule has 1 aromatic carbocycles. The van der Waals surface area contributed by atoms with Crippen LogP contribution in [0.4, 0.5) is 17.1 Å². The summed E-state index contributed by atoms with van der Waals surface area (Å²) in [6, 6.07) is 7.22. The van der Waals surface area contributed by atoms with Gasteiger partial charge in [-0.15, -0.1) is 0 Å². The maximum absolute atomic E-state index is 11.3. The number of non-ortho nitro benzene ring substituents is 1. The minimum Gasteiger partial charge on any atom is -0.465 e. The number of fused-ring (bicyclic) bond motifs is 1. The van der Waals surface area contributed by atoms with E-state index in [1.165, 1.54) is 24.5 Å². The molecule has 0 radical (unpaired) electrons. The Balaban J connectivity index is 2.08. The molecule has 0 spiro atoms. The van der Waals surface area contributed by atoms with Crippen molar-refractivity contribution in [1.29, 1.82) is 0 Å². The highest BCUT2D eigenvalue weighted by Crippen LogP contribution is 2.42. The van der Waals surface area contributed by atoms with Crippen LogP contribution in [0.2, 0.25) is 0 Å². The molecule has 0 fully saturated rings. The third-order valence-corrected chi connectivity index (χ3v) is 2.97. The quantitative estimate of drug-likeness (QED) is 0.653. The Morgan fingerprint density at radius 2 is 2.15 bits per heavy atom. The molecule has 0 saturated heterocycles. The summed E-state index contributed by atoms with van der Waals surface area (Å²) >= 11 is 0. The Morgan fingerprint density at radius 3 is 2.75 bits per heavy atom. The highest BCUT2D eigenvalue weighted by Gasteiger charge is 2.43. The SMILES string of the molecule is O=[N+]([O-])c1ccc2c(c1)N([N+](=O)O)C(c1ccco1)N2. The predicted molar refractivity (Wildman–Crippen MR) is 66.1 cm³/mol. The molecule has 1 unspecified atom stereocenters. The third-order valence-electron chi connectivity index (χ3n) is 2.97. The van der Waals surface area contributed by atoms with Gasteiger partial charge in [-0.25, -0.2) is 5.21 Å². The minimum absolute atomic E-state index is 0.183. The summed E-state index contributed by atoms with van der Waals surface area (Å²) in [6.45, 7) is 0. The van der Waals surface area contributed by atoms with E-state index in [-0.39, 0.29) is 16.4 Å². The maximum Gasteiger partial charge on any atom is 0.364 e. The summed E-state index contributed by atoms with van der Waals surface area (Å²) in [5.41, 5.74) is 0.488. The van der Waals surface area contributed by atoms with Crippen LogP contribution in [0.3, 0.4) is 0 Å². The van der Waals surface area contributed by atoms with E-state index in [0.29, 0.717) is 11.4 Å². The zero-order valence-corrected chi connectivity index (χ0v) is 9.96. The van der Waals surface area contributed by atoms with Crippen LogP contribution >= 0.6 is 0 Å². The van der Waals surface area contributed by atoms with Crippen molar-refractivity contribution in [3.63, 3.8) is 0 Å². The average Bonchev–Trinajstić information content (AvgIpc) is 3.04. The van der Waals surface area contributed by atoms with Gasteiger partial charge in [0, 0.05) is 12.1 Å². The maximum atomic E-state index is 11.3. The van der Waals surface area contributed by atoms with Gasteiger partial charge in [0.1, 0.15) is 10.6 Å². The van der Waals surface area contributed by atoms with Crippen LogP contribution in [0.15, 0.2) is 41.0 Å². The van der Waals surface area contributed by atoms with Crippen molar-refractivity contribution < 1.29 is 19.6 Å². The van der Waals surface area contributed by atoms with E-state index in [0.717, 1.165) is 5.01 Å². The number of benzene rings is 1. The van der Waals surface area contributed by atoms with Crippen LogP contribution in [-0.4, -0.2) is 15.2 Å². The molecule has 9 nitrogen and oxygen atoms in total.